The van der Waals surface area contributed by atoms with E-state index >= 15 is 0 Å². The molecule has 1 N–H and O–H groups in total. The van der Waals surface area contributed by atoms with Crippen LogP contribution in [-0.2, 0) is 0 Å². The van der Waals surface area contributed by atoms with E-state index in [9.17, 15) is 18.0 Å². The molecule has 0 aliphatic rings. The smallest absolute Gasteiger partial charge is 0.478 e. The summed E-state index contributed by atoms with van der Waals surface area (Å²) in [5, 5.41) is 8.73. The molecule has 104 valence electrons. The predicted octanol–water partition coefficient (Wildman–Crippen LogP) is 3.35. The minimum atomic E-state index is -4.73. The van der Waals surface area contributed by atoms with Crippen molar-refractivity contribution in [1.82, 2.24) is 4.98 Å². The molecule has 7 heteroatoms. The molecule has 1 aromatic carbocycles. The van der Waals surface area contributed by atoms with Crippen LogP contribution in [0.4, 0.5) is 13.2 Å². The van der Waals surface area contributed by atoms with E-state index in [2.05, 4.69) is 9.72 Å². The van der Waals surface area contributed by atoms with Gasteiger partial charge in [-0.3, -0.25) is 4.98 Å². The molecule has 2 rings (SSSR count). The van der Waals surface area contributed by atoms with Gasteiger partial charge in [0, 0.05) is 11.8 Å². The molecule has 2 aromatic rings. The number of hydrogen-bond acceptors (Lipinski definition) is 3. The van der Waals surface area contributed by atoms with Crippen LogP contribution in [0.25, 0.3) is 11.3 Å². The Morgan fingerprint density at radius 3 is 2.20 bits per heavy atom. The zero-order chi connectivity index (χ0) is 14.8. The van der Waals surface area contributed by atoms with Gasteiger partial charge in [0.15, 0.2) is 0 Å². The van der Waals surface area contributed by atoms with E-state index in [-0.39, 0.29) is 11.3 Å². The number of halogens is 3. The summed E-state index contributed by atoms with van der Waals surface area (Å²) in [5.41, 5.74) is 1.04. The van der Waals surface area contributed by atoms with Crippen molar-refractivity contribution in [2.24, 2.45) is 0 Å². The number of benzene rings is 1. The molecule has 0 saturated carbocycles. The molecular formula is C13H8F3NO3. The summed E-state index contributed by atoms with van der Waals surface area (Å²) in [5.74, 6) is -1.43. The van der Waals surface area contributed by atoms with E-state index in [0.29, 0.717) is 11.3 Å². The Hall–Kier alpha value is -2.57. The summed E-state index contributed by atoms with van der Waals surface area (Å²) in [4.78, 5) is 14.6. The van der Waals surface area contributed by atoms with Crippen molar-refractivity contribution in [1.29, 1.82) is 0 Å². The molecule has 0 unspecified atom stereocenters. The normalized spacial score (nSPS) is 11.2. The molecule has 20 heavy (non-hydrogen) atoms. The Morgan fingerprint density at radius 1 is 1.10 bits per heavy atom. The Morgan fingerprint density at radius 2 is 1.75 bits per heavy atom. The molecule has 0 saturated heterocycles. The number of ether oxygens (including phenoxy) is 1. The topological polar surface area (TPSA) is 59.4 Å². The SMILES string of the molecule is O=C(O)c1ccc(-c2ccc(OC(F)(F)F)cc2)nc1. The highest BCUT2D eigenvalue weighted by Crippen LogP contribution is 2.25. The van der Waals surface area contributed by atoms with Gasteiger partial charge in [-0.2, -0.15) is 0 Å². The Kier molecular flexibility index (Phi) is 3.60. The fraction of sp³-hybridized carbons (Fsp3) is 0.0769. The summed E-state index contributed by atoms with van der Waals surface area (Å²) >= 11 is 0. The summed E-state index contributed by atoms with van der Waals surface area (Å²) in [6.45, 7) is 0. The molecular weight excluding hydrogens is 275 g/mol. The van der Waals surface area contributed by atoms with Crippen LogP contribution in [0.5, 0.6) is 5.75 Å². The summed E-state index contributed by atoms with van der Waals surface area (Å²) in [6, 6.07) is 7.98. The van der Waals surface area contributed by atoms with Crippen molar-refractivity contribution < 1.29 is 27.8 Å². The van der Waals surface area contributed by atoms with Crippen molar-refractivity contribution in [2.75, 3.05) is 0 Å². The first-order valence-electron chi connectivity index (χ1n) is 5.41. The first-order chi connectivity index (χ1) is 9.35. The highest BCUT2D eigenvalue weighted by atomic mass is 19.4. The van der Waals surface area contributed by atoms with Crippen LogP contribution in [0.3, 0.4) is 0 Å². The average Bonchev–Trinajstić information content (AvgIpc) is 2.38. The lowest BCUT2D eigenvalue weighted by molar-refractivity contribution is -0.274. The number of nitrogens with zero attached hydrogens (tertiary/aromatic N) is 1. The second-order valence-electron chi connectivity index (χ2n) is 3.81. The van der Waals surface area contributed by atoms with E-state index in [1.165, 1.54) is 30.5 Å². The standard InChI is InChI=1S/C13H8F3NO3/c14-13(15,16)20-10-4-1-8(2-5-10)11-6-3-9(7-17-11)12(18)19/h1-7H,(H,18,19). The van der Waals surface area contributed by atoms with Gasteiger partial charge in [-0.15, -0.1) is 13.2 Å². The maximum atomic E-state index is 12.0. The van der Waals surface area contributed by atoms with Gasteiger partial charge in [-0.25, -0.2) is 4.79 Å². The molecule has 0 fully saturated rings. The van der Waals surface area contributed by atoms with Crippen molar-refractivity contribution >= 4 is 5.97 Å². The van der Waals surface area contributed by atoms with Crippen LogP contribution in [0.15, 0.2) is 42.6 Å². The number of pyridine rings is 1. The number of aromatic nitrogens is 1. The number of rotatable bonds is 3. The van der Waals surface area contributed by atoms with Crippen LogP contribution in [0.2, 0.25) is 0 Å². The van der Waals surface area contributed by atoms with Crippen molar-refractivity contribution in [3.8, 4) is 17.0 Å². The van der Waals surface area contributed by atoms with Gasteiger partial charge in [0.25, 0.3) is 0 Å². The van der Waals surface area contributed by atoms with Crippen LogP contribution < -0.4 is 4.74 Å². The third-order valence-electron chi connectivity index (χ3n) is 2.39. The molecule has 0 amide bonds. The van der Waals surface area contributed by atoms with Crippen LogP contribution in [0.1, 0.15) is 10.4 Å². The van der Waals surface area contributed by atoms with E-state index in [1.54, 1.807) is 0 Å². The Balaban J connectivity index is 2.19. The fourth-order valence-electron chi connectivity index (χ4n) is 1.52. The van der Waals surface area contributed by atoms with Gasteiger partial charge in [-0.05, 0) is 36.4 Å². The molecule has 0 atom stereocenters. The summed E-state index contributed by atoms with van der Waals surface area (Å²) < 4.78 is 39.7. The number of aromatic carboxylic acids is 1. The van der Waals surface area contributed by atoms with E-state index in [4.69, 9.17) is 5.11 Å². The first kappa shape index (κ1) is 13.9. The molecule has 1 heterocycles. The highest BCUT2D eigenvalue weighted by Gasteiger charge is 2.30. The predicted molar refractivity (Wildman–Crippen MR) is 63.3 cm³/mol. The lowest BCUT2D eigenvalue weighted by Crippen LogP contribution is -2.16. The molecule has 0 aliphatic heterocycles. The van der Waals surface area contributed by atoms with E-state index < -0.39 is 12.3 Å². The minimum Gasteiger partial charge on any atom is -0.478 e. The van der Waals surface area contributed by atoms with E-state index in [1.807, 2.05) is 0 Å². The molecule has 0 spiro atoms. The largest absolute Gasteiger partial charge is 0.573 e. The number of carboxylic acid groups (broad SMARTS) is 1. The van der Waals surface area contributed by atoms with Crippen molar-refractivity contribution in [3.63, 3.8) is 0 Å². The van der Waals surface area contributed by atoms with Gasteiger partial charge < -0.3 is 9.84 Å². The third-order valence-corrected chi connectivity index (χ3v) is 2.39. The van der Waals surface area contributed by atoms with Gasteiger partial charge in [0.05, 0.1) is 11.3 Å². The van der Waals surface area contributed by atoms with Crippen LogP contribution in [0, 0.1) is 0 Å². The van der Waals surface area contributed by atoms with Crippen LogP contribution in [-0.4, -0.2) is 22.4 Å². The second kappa shape index (κ2) is 5.20. The molecule has 0 radical (unpaired) electrons. The fourth-order valence-corrected chi connectivity index (χ4v) is 1.52. The van der Waals surface area contributed by atoms with Crippen molar-refractivity contribution in [3.05, 3.63) is 48.2 Å². The minimum absolute atomic E-state index is 0.0331. The maximum Gasteiger partial charge on any atom is 0.573 e. The summed E-state index contributed by atoms with van der Waals surface area (Å²) in [6.07, 6.45) is -3.55. The lowest BCUT2D eigenvalue weighted by atomic mass is 10.1. The van der Waals surface area contributed by atoms with Crippen LogP contribution >= 0.6 is 0 Å². The zero-order valence-electron chi connectivity index (χ0n) is 9.89. The third kappa shape index (κ3) is 3.47. The number of alkyl halides is 3. The molecule has 0 bridgehead atoms. The average molecular weight is 283 g/mol. The number of carboxylic acids is 1. The molecule has 1 aromatic heterocycles. The van der Waals surface area contributed by atoms with E-state index in [0.717, 1.165) is 12.1 Å². The molecule has 4 nitrogen and oxygen atoms in total. The number of carbonyl (C=O) groups is 1. The quantitative estimate of drug-likeness (QED) is 0.938. The van der Waals surface area contributed by atoms with Gasteiger partial charge >= 0.3 is 12.3 Å². The first-order valence-corrected chi connectivity index (χ1v) is 5.41. The van der Waals surface area contributed by atoms with Crippen molar-refractivity contribution in [2.45, 2.75) is 6.36 Å². The maximum absolute atomic E-state index is 12.0. The molecule has 0 aliphatic carbocycles. The Bertz CT molecular complexity index is 606. The zero-order valence-corrected chi connectivity index (χ0v) is 9.89. The van der Waals surface area contributed by atoms with Gasteiger partial charge in [-0.1, -0.05) is 0 Å². The lowest BCUT2D eigenvalue weighted by Gasteiger charge is -2.09. The van der Waals surface area contributed by atoms with Gasteiger partial charge in [0.2, 0.25) is 0 Å². The monoisotopic (exact) mass is 283 g/mol. The van der Waals surface area contributed by atoms with Gasteiger partial charge in [0.1, 0.15) is 5.75 Å². The number of hydrogen-bond donors (Lipinski definition) is 1. The second-order valence-corrected chi connectivity index (χ2v) is 3.81. The highest BCUT2D eigenvalue weighted by molar-refractivity contribution is 5.87. The summed E-state index contributed by atoms with van der Waals surface area (Å²) in [7, 11) is 0. The Labute approximate surface area is 111 Å².